The van der Waals surface area contributed by atoms with Gasteiger partial charge in [-0.2, -0.15) is 0 Å². The maximum absolute atomic E-state index is 10.8. The summed E-state index contributed by atoms with van der Waals surface area (Å²) in [6.45, 7) is 4.41. The number of carboxylic acids is 1. The smallest absolute Gasteiger partial charge is 0.354 e. The van der Waals surface area contributed by atoms with Crippen molar-refractivity contribution in [3.8, 4) is 0 Å². The number of rotatable bonds is 5. The summed E-state index contributed by atoms with van der Waals surface area (Å²) in [7, 11) is 0. The van der Waals surface area contributed by atoms with Gasteiger partial charge >= 0.3 is 5.97 Å². The number of aromatic nitrogens is 2. The van der Waals surface area contributed by atoms with E-state index in [-0.39, 0.29) is 5.69 Å². The van der Waals surface area contributed by atoms with E-state index < -0.39 is 5.97 Å². The van der Waals surface area contributed by atoms with Gasteiger partial charge in [-0.05, 0) is 32.4 Å². The van der Waals surface area contributed by atoms with Gasteiger partial charge in [0.1, 0.15) is 11.6 Å². The molecule has 0 atom stereocenters. The van der Waals surface area contributed by atoms with Crippen LogP contribution in [0.15, 0.2) is 22.7 Å². The topological polar surface area (TPSA) is 88.2 Å². The van der Waals surface area contributed by atoms with Crippen molar-refractivity contribution in [3.63, 3.8) is 0 Å². The Morgan fingerprint density at radius 3 is 2.84 bits per heavy atom. The Hall–Kier alpha value is -2.37. The molecular weight excluding hydrogens is 246 g/mol. The van der Waals surface area contributed by atoms with E-state index in [1.807, 2.05) is 13.8 Å². The number of anilines is 1. The largest absolute Gasteiger partial charge is 0.477 e. The van der Waals surface area contributed by atoms with Gasteiger partial charge in [0.25, 0.3) is 0 Å². The molecule has 0 bridgehead atoms. The fraction of sp³-hybridized carbons (Fsp3) is 0.308. The normalized spacial score (nSPS) is 10.4. The molecule has 6 heteroatoms. The van der Waals surface area contributed by atoms with Crippen LogP contribution in [0.2, 0.25) is 0 Å². The minimum atomic E-state index is -1.03. The Balaban J connectivity index is 1.96. The van der Waals surface area contributed by atoms with Crippen molar-refractivity contribution >= 4 is 11.8 Å². The third-order valence-corrected chi connectivity index (χ3v) is 2.83. The molecule has 100 valence electrons. The van der Waals surface area contributed by atoms with Crippen LogP contribution in [0.3, 0.4) is 0 Å². The summed E-state index contributed by atoms with van der Waals surface area (Å²) >= 11 is 0. The van der Waals surface area contributed by atoms with Crippen LogP contribution < -0.4 is 5.32 Å². The van der Waals surface area contributed by atoms with Gasteiger partial charge in [0.05, 0.1) is 5.69 Å². The van der Waals surface area contributed by atoms with E-state index in [9.17, 15) is 4.79 Å². The zero-order chi connectivity index (χ0) is 13.8. The molecule has 0 spiro atoms. The Labute approximate surface area is 110 Å². The van der Waals surface area contributed by atoms with Crippen LogP contribution in [0.5, 0.6) is 0 Å². The summed E-state index contributed by atoms with van der Waals surface area (Å²) in [5.41, 5.74) is 1.98. The lowest BCUT2D eigenvalue weighted by Crippen LogP contribution is -2.09. The lowest BCUT2D eigenvalue weighted by molar-refractivity contribution is 0.0690. The number of carbonyl (C=O) groups is 1. The van der Waals surface area contributed by atoms with Crippen molar-refractivity contribution in [2.45, 2.75) is 20.3 Å². The minimum Gasteiger partial charge on any atom is -0.477 e. The predicted octanol–water partition coefficient (Wildman–Crippen LogP) is 2.04. The van der Waals surface area contributed by atoms with Gasteiger partial charge in [0.2, 0.25) is 0 Å². The highest BCUT2D eigenvalue weighted by Crippen LogP contribution is 2.13. The number of aryl methyl sites for hydroxylation is 2. The first-order chi connectivity index (χ1) is 9.08. The van der Waals surface area contributed by atoms with E-state index in [2.05, 4.69) is 15.5 Å². The molecule has 2 aromatic rings. The van der Waals surface area contributed by atoms with E-state index in [0.717, 1.165) is 23.4 Å². The van der Waals surface area contributed by atoms with Crippen molar-refractivity contribution in [2.75, 3.05) is 11.9 Å². The molecule has 0 unspecified atom stereocenters. The molecule has 0 aliphatic heterocycles. The quantitative estimate of drug-likeness (QED) is 0.856. The lowest BCUT2D eigenvalue weighted by atomic mass is 10.1. The standard InChI is InChI=1S/C13H15N3O3/c1-8-10(9(2)19-16-8)6-7-14-12-5-3-4-11(15-12)13(17)18/h3-5H,6-7H2,1-2H3,(H,14,15)(H,17,18). The van der Waals surface area contributed by atoms with Gasteiger partial charge in [0, 0.05) is 12.1 Å². The van der Waals surface area contributed by atoms with E-state index in [4.69, 9.17) is 9.63 Å². The molecule has 0 aromatic carbocycles. The monoisotopic (exact) mass is 261 g/mol. The molecule has 2 N–H and O–H groups in total. The van der Waals surface area contributed by atoms with Crippen LogP contribution in [-0.4, -0.2) is 27.8 Å². The van der Waals surface area contributed by atoms with E-state index >= 15 is 0 Å². The zero-order valence-electron chi connectivity index (χ0n) is 10.8. The van der Waals surface area contributed by atoms with Gasteiger partial charge in [-0.1, -0.05) is 11.2 Å². The number of hydrogen-bond acceptors (Lipinski definition) is 5. The van der Waals surface area contributed by atoms with Crippen LogP contribution >= 0.6 is 0 Å². The van der Waals surface area contributed by atoms with Crippen LogP contribution in [0.4, 0.5) is 5.82 Å². The van der Waals surface area contributed by atoms with Gasteiger partial charge in [-0.25, -0.2) is 9.78 Å². The van der Waals surface area contributed by atoms with Gasteiger partial charge < -0.3 is 14.9 Å². The average molecular weight is 261 g/mol. The highest BCUT2D eigenvalue weighted by atomic mass is 16.5. The fourth-order valence-corrected chi connectivity index (χ4v) is 1.83. The van der Waals surface area contributed by atoms with E-state index in [1.165, 1.54) is 6.07 Å². The molecule has 0 fully saturated rings. The SMILES string of the molecule is Cc1noc(C)c1CCNc1cccc(C(=O)O)n1. The lowest BCUT2D eigenvalue weighted by Gasteiger charge is -2.05. The summed E-state index contributed by atoms with van der Waals surface area (Å²) in [4.78, 5) is 14.8. The predicted molar refractivity (Wildman–Crippen MR) is 69.4 cm³/mol. The molecule has 2 aromatic heterocycles. The maximum atomic E-state index is 10.8. The summed E-state index contributed by atoms with van der Waals surface area (Å²) in [6.07, 6.45) is 0.750. The second-order valence-corrected chi connectivity index (χ2v) is 4.19. The molecule has 0 radical (unpaired) electrons. The van der Waals surface area contributed by atoms with Crippen molar-refractivity contribution in [2.24, 2.45) is 0 Å². The Morgan fingerprint density at radius 2 is 2.21 bits per heavy atom. The fourth-order valence-electron chi connectivity index (χ4n) is 1.83. The third kappa shape index (κ3) is 3.09. The van der Waals surface area contributed by atoms with Crippen LogP contribution in [0.25, 0.3) is 0 Å². The maximum Gasteiger partial charge on any atom is 0.354 e. The number of pyridine rings is 1. The van der Waals surface area contributed by atoms with Crippen molar-refractivity contribution < 1.29 is 14.4 Å². The number of nitrogens with one attached hydrogen (secondary N) is 1. The number of aromatic carboxylic acids is 1. The molecule has 0 aliphatic carbocycles. The summed E-state index contributed by atoms with van der Waals surface area (Å²) < 4.78 is 5.08. The summed E-state index contributed by atoms with van der Waals surface area (Å²) in [5, 5.41) is 15.8. The average Bonchev–Trinajstić information content (AvgIpc) is 2.71. The molecule has 19 heavy (non-hydrogen) atoms. The second-order valence-electron chi connectivity index (χ2n) is 4.19. The molecule has 2 heterocycles. The molecule has 0 aliphatic rings. The Kier molecular flexibility index (Phi) is 3.79. The van der Waals surface area contributed by atoms with E-state index in [0.29, 0.717) is 12.4 Å². The number of nitrogens with zero attached hydrogens (tertiary/aromatic N) is 2. The molecule has 0 saturated heterocycles. The Morgan fingerprint density at radius 1 is 1.42 bits per heavy atom. The summed E-state index contributed by atoms with van der Waals surface area (Å²) in [6, 6.07) is 4.86. The second kappa shape index (κ2) is 5.51. The first-order valence-electron chi connectivity index (χ1n) is 5.94. The highest BCUT2D eigenvalue weighted by molar-refractivity contribution is 5.85. The summed E-state index contributed by atoms with van der Waals surface area (Å²) in [5.74, 6) is 0.326. The van der Waals surface area contributed by atoms with Crippen LogP contribution in [0.1, 0.15) is 27.5 Å². The Bertz CT molecular complexity index is 573. The van der Waals surface area contributed by atoms with E-state index in [1.54, 1.807) is 12.1 Å². The van der Waals surface area contributed by atoms with Crippen molar-refractivity contribution in [1.29, 1.82) is 0 Å². The van der Waals surface area contributed by atoms with Crippen LogP contribution in [-0.2, 0) is 6.42 Å². The van der Waals surface area contributed by atoms with Crippen molar-refractivity contribution in [3.05, 3.63) is 40.9 Å². The van der Waals surface area contributed by atoms with Crippen LogP contribution in [0, 0.1) is 13.8 Å². The third-order valence-electron chi connectivity index (χ3n) is 2.83. The van der Waals surface area contributed by atoms with Gasteiger partial charge in [-0.15, -0.1) is 0 Å². The number of hydrogen-bond donors (Lipinski definition) is 2. The van der Waals surface area contributed by atoms with Gasteiger partial charge in [-0.3, -0.25) is 0 Å². The van der Waals surface area contributed by atoms with Crippen molar-refractivity contribution in [1.82, 2.24) is 10.1 Å². The first kappa shape index (κ1) is 13.1. The molecular formula is C13H15N3O3. The molecule has 2 rings (SSSR count). The molecule has 0 amide bonds. The highest BCUT2D eigenvalue weighted by Gasteiger charge is 2.09. The zero-order valence-corrected chi connectivity index (χ0v) is 10.8. The first-order valence-corrected chi connectivity index (χ1v) is 5.94. The number of carboxylic acid groups (broad SMARTS) is 1. The van der Waals surface area contributed by atoms with Gasteiger partial charge in [0.15, 0.2) is 5.69 Å². The minimum absolute atomic E-state index is 0.0299. The molecule has 6 nitrogen and oxygen atoms in total. The molecule has 0 saturated carbocycles.